The Kier molecular flexibility index (Phi) is 17.3. The van der Waals surface area contributed by atoms with Gasteiger partial charge in [-0.3, -0.25) is 0 Å². The third-order valence-electron chi connectivity index (χ3n) is 9.08. The molecule has 278 valence electrons. The minimum absolute atomic E-state index is 0.0363. The molecule has 0 aliphatic carbocycles. The van der Waals surface area contributed by atoms with Gasteiger partial charge in [-0.1, -0.05) is 87.6 Å². The Labute approximate surface area is 296 Å². The molecule has 1 aromatic rings. The molecular formula is C39H64O9Si. The van der Waals surface area contributed by atoms with Crippen molar-refractivity contribution in [3.63, 3.8) is 0 Å². The number of aliphatic hydroxyl groups is 2. The third-order valence-corrected chi connectivity index (χ3v) is 13.6. The van der Waals surface area contributed by atoms with Gasteiger partial charge in [0, 0.05) is 12.8 Å². The number of rotatable bonds is 14. The fourth-order valence-corrected chi connectivity index (χ4v) is 6.89. The second kappa shape index (κ2) is 20.4. The summed E-state index contributed by atoms with van der Waals surface area (Å²) < 4.78 is 41.9. The minimum Gasteiger partial charge on any atom is -0.411 e. The van der Waals surface area contributed by atoms with Crippen LogP contribution in [0, 0.1) is 0 Å². The predicted octanol–water partition coefficient (Wildman–Crippen LogP) is 7.23. The Hall–Kier alpha value is -1.70. The van der Waals surface area contributed by atoms with Crippen molar-refractivity contribution in [3.8, 4) is 0 Å². The van der Waals surface area contributed by atoms with Crippen LogP contribution in [0.5, 0.6) is 0 Å². The molecule has 0 bridgehead atoms. The summed E-state index contributed by atoms with van der Waals surface area (Å²) in [7, 11) is -1.86. The van der Waals surface area contributed by atoms with E-state index in [0.29, 0.717) is 6.61 Å². The van der Waals surface area contributed by atoms with Crippen molar-refractivity contribution in [1.82, 2.24) is 0 Å². The topological polar surface area (TPSA) is 105 Å². The van der Waals surface area contributed by atoms with Crippen LogP contribution in [0.2, 0.25) is 18.1 Å². The Morgan fingerprint density at radius 3 is 2.16 bits per heavy atom. The molecule has 2 fully saturated rings. The minimum atomic E-state index is -1.86. The molecular weight excluding hydrogens is 641 g/mol. The highest BCUT2D eigenvalue weighted by molar-refractivity contribution is 6.74. The summed E-state index contributed by atoms with van der Waals surface area (Å²) in [5.41, 5.74) is 1.09. The fourth-order valence-electron chi connectivity index (χ4n) is 5.53. The van der Waals surface area contributed by atoms with Gasteiger partial charge in [0.05, 0.1) is 44.2 Å². The lowest BCUT2D eigenvalue weighted by atomic mass is 9.99. The maximum Gasteiger partial charge on any atom is 0.192 e. The van der Waals surface area contributed by atoms with E-state index in [1.165, 1.54) is 0 Å². The van der Waals surface area contributed by atoms with Crippen LogP contribution in [0.3, 0.4) is 0 Å². The van der Waals surface area contributed by atoms with Crippen LogP contribution >= 0.6 is 0 Å². The fraction of sp³-hybridized carbons (Fsp3) is 0.692. The molecule has 3 aliphatic heterocycles. The Morgan fingerprint density at radius 2 is 1.53 bits per heavy atom. The van der Waals surface area contributed by atoms with Crippen LogP contribution in [0.4, 0.5) is 0 Å². The SMILES string of the molecule is CC(C)O[C@@H]1CC[C@@H]2O[C@@H]([C@@H](O)COCc3ccccc3)C=C[C@H]2O1.CC(C)O[C@@H]1CC[C@H](O[Si](C)(C)C(C)(C)C)[C@@H](/C=C\C=C\CO)O1. The Balaban J connectivity index is 0.000000266. The van der Waals surface area contributed by atoms with Crippen molar-refractivity contribution >= 4 is 8.32 Å². The van der Waals surface area contributed by atoms with E-state index < -0.39 is 14.4 Å². The monoisotopic (exact) mass is 704 g/mol. The highest BCUT2D eigenvalue weighted by atomic mass is 28.4. The summed E-state index contributed by atoms with van der Waals surface area (Å²) in [5.74, 6) is 0. The third kappa shape index (κ3) is 14.4. The molecule has 2 saturated heterocycles. The second-order valence-electron chi connectivity index (χ2n) is 15.1. The van der Waals surface area contributed by atoms with E-state index in [-0.39, 0.29) is 73.6 Å². The first kappa shape index (κ1) is 41.7. The molecule has 1 aromatic carbocycles. The first-order chi connectivity index (χ1) is 23.2. The largest absolute Gasteiger partial charge is 0.411 e. The highest BCUT2D eigenvalue weighted by Gasteiger charge is 2.42. The standard InChI is InChI=1S/C20H28O5.C19H36O4Si/c1-14(2)23-20-11-10-18-19(25-20)9-8-17(24-18)16(21)13-22-12-15-6-4-3-5-7-15;1-15(2)21-18-13-12-17(23-24(6,7)19(3,4)5)16(22-18)11-9-8-10-14-20/h3-9,14,16-21H,10-13H2,1-2H3;8-11,15-18,20H,12-14H2,1-7H3/b;10-8+,11-9-/t16-,17+,18-,19+,20-;16-,17+,18+/m01/s1. The van der Waals surface area contributed by atoms with E-state index in [4.69, 9.17) is 38.0 Å². The number of allylic oxidation sites excluding steroid dienone is 2. The number of aliphatic hydroxyl groups excluding tert-OH is 2. The van der Waals surface area contributed by atoms with Crippen LogP contribution in [0.25, 0.3) is 0 Å². The van der Waals surface area contributed by atoms with Crippen molar-refractivity contribution < 1.29 is 43.1 Å². The van der Waals surface area contributed by atoms with Gasteiger partial charge < -0.3 is 43.1 Å². The van der Waals surface area contributed by atoms with Gasteiger partial charge in [0.2, 0.25) is 0 Å². The van der Waals surface area contributed by atoms with E-state index in [1.807, 2.05) is 88.4 Å². The average molecular weight is 705 g/mol. The van der Waals surface area contributed by atoms with Crippen LogP contribution in [0.1, 0.15) is 79.7 Å². The normalized spacial score (nSPS) is 28.6. The smallest absolute Gasteiger partial charge is 0.192 e. The van der Waals surface area contributed by atoms with Gasteiger partial charge in [-0.05, 0) is 64.2 Å². The van der Waals surface area contributed by atoms with Crippen molar-refractivity contribution in [1.29, 1.82) is 0 Å². The van der Waals surface area contributed by atoms with E-state index in [2.05, 4.69) is 33.9 Å². The van der Waals surface area contributed by atoms with E-state index in [9.17, 15) is 5.11 Å². The molecule has 4 rings (SSSR count). The molecule has 3 heterocycles. The van der Waals surface area contributed by atoms with E-state index in [1.54, 1.807) is 6.08 Å². The van der Waals surface area contributed by atoms with Crippen LogP contribution < -0.4 is 0 Å². The molecule has 0 unspecified atom stereocenters. The summed E-state index contributed by atoms with van der Waals surface area (Å²) in [6.07, 6.45) is 13.4. The van der Waals surface area contributed by atoms with E-state index in [0.717, 1.165) is 31.2 Å². The molecule has 2 N–H and O–H groups in total. The van der Waals surface area contributed by atoms with E-state index >= 15 is 0 Å². The van der Waals surface area contributed by atoms with Gasteiger partial charge in [0.25, 0.3) is 0 Å². The number of hydrogen-bond acceptors (Lipinski definition) is 9. The molecule has 49 heavy (non-hydrogen) atoms. The molecule has 0 saturated carbocycles. The maximum atomic E-state index is 10.3. The van der Waals surface area contributed by atoms with Crippen molar-refractivity contribution in [3.05, 3.63) is 72.4 Å². The molecule has 0 radical (unpaired) electrons. The summed E-state index contributed by atoms with van der Waals surface area (Å²) in [4.78, 5) is 0. The molecule has 0 spiro atoms. The van der Waals surface area contributed by atoms with Gasteiger partial charge in [-0.2, -0.15) is 0 Å². The second-order valence-corrected chi connectivity index (χ2v) is 19.8. The molecule has 0 aromatic heterocycles. The lowest BCUT2D eigenvalue weighted by molar-refractivity contribution is -0.242. The lowest BCUT2D eigenvalue weighted by Gasteiger charge is -2.43. The molecule has 8 atom stereocenters. The van der Waals surface area contributed by atoms with Crippen LogP contribution in [-0.2, 0) is 39.5 Å². The van der Waals surface area contributed by atoms with Gasteiger partial charge in [-0.25, -0.2) is 0 Å². The van der Waals surface area contributed by atoms with Gasteiger partial charge >= 0.3 is 0 Å². The number of ether oxygens (including phenoxy) is 6. The van der Waals surface area contributed by atoms with Gasteiger partial charge in [0.1, 0.15) is 24.4 Å². The summed E-state index contributed by atoms with van der Waals surface area (Å²) in [6, 6.07) is 9.92. The van der Waals surface area contributed by atoms with Gasteiger partial charge in [0.15, 0.2) is 20.9 Å². The summed E-state index contributed by atoms with van der Waals surface area (Å²) >= 11 is 0. The van der Waals surface area contributed by atoms with Gasteiger partial charge in [-0.15, -0.1) is 0 Å². The lowest BCUT2D eigenvalue weighted by Crippen LogP contribution is -2.50. The predicted molar refractivity (Wildman–Crippen MR) is 196 cm³/mol. The van der Waals surface area contributed by atoms with Crippen molar-refractivity contribution in [2.45, 2.75) is 160 Å². The average Bonchev–Trinajstić information content (AvgIpc) is 3.03. The van der Waals surface area contributed by atoms with Crippen LogP contribution in [-0.4, -0.2) is 93.2 Å². The summed E-state index contributed by atoms with van der Waals surface area (Å²) in [6.45, 7) is 20.1. The highest BCUT2D eigenvalue weighted by Crippen LogP contribution is 2.39. The maximum absolute atomic E-state index is 10.3. The zero-order valence-electron chi connectivity index (χ0n) is 31.3. The summed E-state index contributed by atoms with van der Waals surface area (Å²) in [5, 5.41) is 19.4. The number of benzene rings is 1. The number of fused-ring (bicyclic) bond motifs is 1. The quantitative estimate of drug-likeness (QED) is 0.118. The van der Waals surface area contributed by atoms with Crippen molar-refractivity contribution in [2.24, 2.45) is 0 Å². The van der Waals surface area contributed by atoms with Crippen molar-refractivity contribution in [2.75, 3.05) is 13.2 Å². The zero-order valence-corrected chi connectivity index (χ0v) is 32.3. The number of hydrogen-bond donors (Lipinski definition) is 2. The molecule has 9 nitrogen and oxygen atoms in total. The first-order valence-corrected chi connectivity index (χ1v) is 21.0. The Morgan fingerprint density at radius 1 is 0.878 bits per heavy atom. The molecule has 3 aliphatic rings. The zero-order chi connectivity index (χ0) is 36.0. The molecule has 0 amide bonds. The van der Waals surface area contributed by atoms with Crippen LogP contribution in [0.15, 0.2) is 66.8 Å². The molecule has 10 heteroatoms. The Bertz CT molecular complexity index is 1150. The first-order valence-electron chi connectivity index (χ1n) is 18.1.